The molecule has 0 radical (unpaired) electrons. The second-order valence-corrected chi connectivity index (χ2v) is 11.7. The number of anilines is 1. The summed E-state index contributed by atoms with van der Waals surface area (Å²) in [4.78, 5) is 34.6. The number of hydrogen-bond donors (Lipinski definition) is 2. The second-order valence-electron chi connectivity index (χ2n) is 7.71. The number of aryl methyl sites for hydroxylation is 2. The lowest BCUT2D eigenvalue weighted by atomic mass is 9.97. The van der Waals surface area contributed by atoms with Crippen molar-refractivity contribution in [2.24, 2.45) is 0 Å². The van der Waals surface area contributed by atoms with Crippen LogP contribution in [0.2, 0.25) is 0 Å². The number of thioether (sulfide) groups is 1. The summed E-state index contributed by atoms with van der Waals surface area (Å²) in [6.45, 7) is 4.37. The number of aromatic nitrogens is 2. The Kier molecular flexibility index (Phi) is 7.22. The van der Waals surface area contributed by atoms with Crippen molar-refractivity contribution in [3.63, 3.8) is 0 Å². The minimum Gasteiger partial charge on any atom is -0.325 e. The van der Waals surface area contributed by atoms with Gasteiger partial charge in [-0.2, -0.15) is 4.31 Å². The maximum atomic E-state index is 12.6. The Balaban J connectivity index is 1.40. The van der Waals surface area contributed by atoms with E-state index in [1.807, 2.05) is 0 Å². The van der Waals surface area contributed by atoms with Crippen molar-refractivity contribution < 1.29 is 13.2 Å². The van der Waals surface area contributed by atoms with E-state index < -0.39 is 10.0 Å². The van der Waals surface area contributed by atoms with Gasteiger partial charge in [-0.05, 0) is 55.5 Å². The van der Waals surface area contributed by atoms with E-state index in [-0.39, 0.29) is 22.1 Å². The van der Waals surface area contributed by atoms with Gasteiger partial charge >= 0.3 is 0 Å². The number of carbonyl (C=O) groups excluding carboxylic acids is 1. The third-order valence-corrected chi connectivity index (χ3v) is 9.75. The zero-order valence-electron chi connectivity index (χ0n) is 18.5. The number of carbonyl (C=O) groups is 1. The van der Waals surface area contributed by atoms with E-state index in [4.69, 9.17) is 0 Å². The molecule has 0 saturated carbocycles. The van der Waals surface area contributed by atoms with E-state index in [1.165, 1.54) is 33.1 Å². The number of fused-ring (bicyclic) bond motifs is 3. The molecule has 0 spiro atoms. The van der Waals surface area contributed by atoms with Crippen LogP contribution in [0.1, 0.15) is 37.1 Å². The van der Waals surface area contributed by atoms with Gasteiger partial charge in [0.05, 0.1) is 16.0 Å². The van der Waals surface area contributed by atoms with Crippen LogP contribution in [0.25, 0.3) is 10.2 Å². The van der Waals surface area contributed by atoms with Crippen LogP contribution in [0.5, 0.6) is 0 Å². The molecule has 2 N–H and O–H groups in total. The molecule has 0 unspecified atom stereocenters. The first-order chi connectivity index (χ1) is 15.8. The summed E-state index contributed by atoms with van der Waals surface area (Å²) in [6.07, 6.45) is 4.15. The molecule has 33 heavy (non-hydrogen) atoms. The Morgan fingerprint density at radius 1 is 1.18 bits per heavy atom. The Labute approximate surface area is 200 Å². The molecule has 2 aromatic heterocycles. The van der Waals surface area contributed by atoms with Crippen molar-refractivity contribution in [2.75, 3.05) is 24.2 Å². The highest BCUT2D eigenvalue weighted by Crippen LogP contribution is 2.34. The molecule has 176 valence electrons. The number of sulfonamides is 1. The number of aromatic amines is 1. The Bertz CT molecular complexity index is 1330. The standard InChI is InChI=1S/C22H26N4O4S3/c1-3-26(4-2)33(29,30)15-11-9-14(10-12-15)23-18(27)13-31-22-24-20(28)19-16-7-5-6-8-17(16)32-21(19)25-22/h9-12H,3-8,13H2,1-2H3,(H,23,27)(H,24,25,28). The van der Waals surface area contributed by atoms with Gasteiger partial charge in [0.1, 0.15) is 4.83 Å². The highest BCUT2D eigenvalue weighted by molar-refractivity contribution is 7.99. The van der Waals surface area contributed by atoms with E-state index in [0.29, 0.717) is 29.3 Å². The number of benzene rings is 1. The second kappa shape index (κ2) is 9.96. The predicted octanol–water partition coefficient (Wildman–Crippen LogP) is 3.62. The van der Waals surface area contributed by atoms with Crippen molar-refractivity contribution in [1.29, 1.82) is 0 Å². The molecular formula is C22H26N4O4S3. The minimum atomic E-state index is -3.54. The summed E-state index contributed by atoms with van der Waals surface area (Å²) < 4.78 is 26.5. The largest absolute Gasteiger partial charge is 0.325 e. The molecule has 1 aliphatic carbocycles. The van der Waals surface area contributed by atoms with Gasteiger partial charge < -0.3 is 10.3 Å². The molecule has 2 heterocycles. The van der Waals surface area contributed by atoms with Crippen LogP contribution < -0.4 is 10.9 Å². The van der Waals surface area contributed by atoms with Crippen molar-refractivity contribution >= 4 is 54.9 Å². The zero-order valence-corrected chi connectivity index (χ0v) is 21.0. The predicted molar refractivity (Wildman–Crippen MR) is 133 cm³/mol. The quantitative estimate of drug-likeness (QED) is 0.356. The van der Waals surface area contributed by atoms with E-state index in [1.54, 1.807) is 37.3 Å². The molecular weight excluding hydrogens is 480 g/mol. The lowest BCUT2D eigenvalue weighted by molar-refractivity contribution is -0.113. The average molecular weight is 507 g/mol. The van der Waals surface area contributed by atoms with Crippen molar-refractivity contribution in [3.8, 4) is 0 Å². The van der Waals surface area contributed by atoms with Crippen molar-refractivity contribution in [3.05, 3.63) is 45.1 Å². The van der Waals surface area contributed by atoms with Gasteiger partial charge in [0, 0.05) is 23.7 Å². The molecule has 0 bridgehead atoms. The van der Waals surface area contributed by atoms with Crippen LogP contribution in [-0.4, -0.2) is 47.4 Å². The molecule has 11 heteroatoms. The van der Waals surface area contributed by atoms with Gasteiger partial charge in [0.25, 0.3) is 5.56 Å². The lowest BCUT2D eigenvalue weighted by Gasteiger charge is -2.18. The molecule has 1 aliphatic rings. The maximum absolute atomic E-state index is 12.6. The number of nitrogens with zero attached hydrogens (tertiary/aromatic N) is 2. The molecule has 0 fully saturated rings. The monoisotopic (exact) mass is 506 g/mol. The van der Waals surface area contributed by atoms with Crippen molar-refractivity contribution in [1.82, 2.24) is 14.3 Å². The number of nitrogens with one attached hydrogen (secondary N) is 2. The number of H-pyrrole nitrogens is 1. The SMILES string of the molecule is CCN(CC)S(=O)(=O)c1ccc(NC(=O)CSc2nc3sc4c(c3c(=O)[nH]2)CCCC4)cc1. The maximum Gasteiger partial charge on any atom is 0.260 e. The summed E-state index contributed by atoms with van der Waals surface area (Å²) in [7, 11) is -3.54. The van der Waals surface area contributed by atoms with E-state index in [9.17, 15) is 18.0 Å². The first kappa shape index (κ1) is 23.9. The van der Waals surface area contributed by atoms with Gasteiger partial charge in [0.15, 0.2) is 5.16 Å². The molecule has 0 atom stereocenters. The number of rotatable bonds is 8. The van der Waals surface area contributed by atoms with Crippen LogP contribution in [0.15, 0.2) is 39.1 Å². The van der Waals surface area contributed by atoms with E-state index in [2.05, 4.69) is 15.3 Å². The third-order valence-electron chi connectivity index (χ3n) is 5.62. The van der Waals surface area contributed by atoms with Crippen LogP contribution in [0.4, 0.5) is 5.69 Å². The van der Waals surface area contributed by atoms with Crippen LogP contribution in [0.3, 0.4) is 0 Å². The van der Waals surface area contributed by atoms with Crippen LogP contribution >= 0.6 is 23.1 Å². The topological polar surface area (TPSA) is 112 Å². The fourth-order valence-corrected chi connectivity index (χ4v) is 7.40. The molecule has 4 rings (SSSR count). The fraction of sp³-hybridized carbons (Fsp3) is 0.409. The molecule has 0 aliphatic heterocycles. The molecule has 3 aromatic rings. The lowest BCUT2D eigenvalue weighted by Crippen LogP contribution is -2.30. The van der Waals surface area contributed by atoms with Gasteiger partial charge in [-0.25, -0.2) is 13.4 Å². The number of hydrogen-bond acceptors (Lipinski definition) is 7. The smallest absolute Gasteiger partial charge is 0.260 e. The summed E-state index contributed by atoms with van der Waals surface area (Å²) in [5.41, 5.74) is 1.49. The molecule has 0 saturated heterocycles. The normalized spacial score (nSPS) is 13.9. The first-order valence-electron chi connectivity index (χ1n) is 10.9. The van der Waals surface area contributed by atoms with Crippen LogP contribution in [-0.2, 0) is 27.7 Å². The summed E-state index contributed by atoms with van der Waals surface area (Å²) in [6, 6.07) is 6.12. The van der Waals surface area contributed by atoms with Gasteiger partial charge in [-0.15, -0.1) is 11.3 Å². The van der Waals surface area contributed by atoms with Crippen LogP contribution in [0, 0.1) is 0 Å². The number of thiophene rings is 1. The van der Waals surface area contributed by atoms with E-state index in [0.717, 1.165) is 36.1 Å². The number of amides is 1. The first-order valence-corrected chi connectivity index (χ1v) is 14.1. The van der Waals surface area contributed by atoms with Gasteiger partial charge in [-0.3, -0.25) is 9.59 Å². The molecule has 1 amide bonds. The van der Waals surface area contributed by atoms with Gasteiger partial charge in [-0.1, -0.05) is 25.6 Å². The zero-order chi connectivity index (χ0) is 23.6. The Hall–Kier alpha value is -2.21. The average Bonchev–Trinajstić information content (AvgIpc) is 3.17. The summed E-state index contributed by atoms with van der Waals surface area (Å²) in [5.74, 6) is -0.202. The van der Waals surface area contributed by atoms with E-state index >= 15 is 0 Å². The highest BCUT2D eigenvalue weighted by atomic mass is 32.2. The van der Waals surface area contributed by atoms with Gasteiger partial charge in [0.2, 0.25) is 15.9 Å². The highest BCUT2D eigenvalue weighted by Gasteiger charge is 2.22. The molecule has 1 aromatic carbocycles. The molecule has 8 nitrogen and oxygen atoms in total. The fourth-order valence-electron chi connectivity index (χ4n) is 3.97. The van der Waals surface area contributed by atoms with Crippen molar-refractivity contribution in [2.45, 2.75) is 49.6 Å². The Morgan fingerprint density at radius 2 is 1.88 bits per heavy atom. The summed E-state index contributed by atoms with van der Waals surface area (Å²) >= 11 is 2.74. The third kappa shape index (κ3) is 5.01. The minimum absolute atomic E-state index is 0.0685. The Morgan fingerprint density at radius 3 is 2.58 bits per heavy atom. The summed E-state index contributed by atoms with van der Waals surface area (Å²) in [5, 5.41) is 3.87.